The normalized spacial score (nSPS) is 10.9. The first kappa shape index (κ1) is 23.3. The lowest BCUT2D eigenvalue weighted by atomic mass is 10.1. The number of nitrogens with zero attached hydrogens (tertiary/aromatic N) is 3. The lowest BCUT2D eigenvalue weighted by Gasteiger charge is -2.10. The van der Waals surface area contributed by atoms with E-state index in [0.29, 0.717) is 29.2 Å². The minimum atomic E-state index is -0.909. The van der Waals surface area contributed by atoms with Crippen molar-refractivity contribution in [3.63, 3.8) is 0 Å². The van der Waals surface area contributed by atoms with E-state index in [0.717, 1.165) is 38.5 Å². The molecule has 180 valence electrons. The Morgan fingerprint density at radius 1 is 0.972 bits per heavy atom. The van der Waals surface area contributed by atoms with Crippen LogP contribution in [0.4, 0.5) is 25.4 Å². The van der Waals surface area contributed by atoms with Gasteiger partial charge in [-0.05, 0) is 66.1 Å². The number of fused-ring (bicyclic) bond motifs is 1. The summed E-state index contributed by atoms with van der Waals surface area (Å²) in [6, 6.07) is 16.7. The number of nitrogen functional groups attached to an aromatic ring is 1. The van der Waals surface area contributed by atoms with Gasteiger partial charge in [0.15, 0.2) is 11.6 Å². The Bertz CT molecular complexity index is 1570. The van der Waals surface area contributed by atoms with Crippen LogP contribution in [0.15, 0.2) is 73.2 Å². The molecule has 0 fully saturated rings. The fourth-order valence-electron chi connectivity index (χ4n) is 3.71. The number of pyridine rings is 1. The van der Waals surface area contributed by atoms with Crippen LogP contribution in [0.1, 0.15) is 15.9 Å². The number of hydrogen-bond acceptors (Lipinski definition) is 7. The second-order valence-electron chi connectivity index (χ2n) is 7.93. The van der Waals surface area contributed by atoms with Crippen LogP contribution in [0.2, 0.25) is 0 Å². The quantitative estimate of drug-likeness (QED) is 0.278. The van der Waals surface area contributed by atoms with Crippen molar-refractivity contribution < 1.29 is 13.6 Å². The van der Waals surface area contributed by atoms with E-state index in [4.69, 9.17) is 5.73 Å². The van der Waals surface area contributed by atoms with Gasteiger partial charge in [-0.25, -0.2) is 23.7 Å². The number of amides is 1. The SMILES string of the molecule is Nc1ncnc2ccc(-c3ccc(Nc4ncccc4C(=O)NCCc4ccc(F)c(F)c4)s3)cc12. The van der Waals surface area contributed by atoms with Crippen molar-refractivity contribution in [2.45, 2.75) is 6.42 Å². The van der Waals surface area contributed by atoms with E-state index in [2.05, 4.69) is 25.6 Å². The molecule has 0 spiro atoms. The van der Waals surface area contributed by atoms with E-state index in [1.54, 1.807) is 18.3 Å². The summed E-state index contributed by atoms with van der Waals surface area (Å²) in [5.41, 5.74) is 8.70. The minimum absolute atomic E-state index is 0.260. The summed E-state index contributed by atoms with van der Waals surface area (Å²) in [6.07, 6.45) is 3.40. The highest BCUT2D eigenvalue weighted by atomic mass is 32.1. The van der Waals surface area contributed by atoms with Gasteiger partial charge in [-0.15, -0.1) is 11.3 Å². The zero-order valence-electron chi connectivity index (χ0n) is 18.8. The number of anilines is 3. The molecular formula is C26H20F2N6OS. The van der Waals surface area contributed by atoms with Crippen LogP contribution in [-0.4, -0.2) is 27.4 Å². The smallest absolute Gasteiger partial charge is 0.255 e. The molecule has 3 heterocycles. The van der Waals surface area contributed by atoms with Gasteiger partial charge in [0.2, 0.25) is 0 Å². The topological polar surface area (TPSA) is 106 Å². The predicted octanol–water partition coefficient (Wildman–Crippen LogP) is 5.33. The highest BCUT2D eigenvalue weighted by Gasteiger charge is 2.14. The molecule has 5 aromatic rings. The molecule has 0 saturated carbocycles. The van der Waals surface area contributed by atoms with Gasteiger partial charge in [0.05, 0.1) is 16.1 Å². The maximum atomic E-state index is 13.4. The van der Waals surface area contributed by atoms with E-state index < -0.39 is 11.6 Å². The number of nitrogens with one attached hydrogen (secondary N) is 2. The van der Waals surface area contributed by atoms with Crippen molar-refractivity contribution in [3.05, 3.63) is 95.9 Å². The van der Waals surface area contributed by atoms with E-state index in [-0.39, 0.29) is 12.5 Å². The average Bonchev–Trinajstić information content (AvgIpc) is 3.35. The zero-order chi connectivity index (χ0) is 25.1. The number of rotatable bonds is 7. The van der Waals surface area contributed by atoms with Gasteiger partial charge in [0.25, 0.3) is 5.91 Å². The highest BCUT2D eigenvalue weighted by molar-refractivity contribution is 7.19. The number of benzene rings is 2. The van der Waals surface area contributed by atoms with Crippen molar-refractivity contribution in [3.8, 4) is 10.4 Å². The summed E-state index contributed by atoms with van der Waals surface area (Å²) in [5.74, 6) is -1.30. The van der Waals surface area contributed by atoms with Gasteiger partial charge in [0, 0.05) is 23.0 Å². The standard InChI is InChI=1S/C26H20F2N6OS/c27-19-5-3-15(12-20(19)28)9-11-31-26(35)17-2-1-10-30-25(17)34-23-8-7-22(36-23)16-4-6-21-18(13-16)24(29)33-14-32-21/h1-8,10,12-14H,9,11H2,(H,30,34)(H,31,35)(H2,29,32,33). The second-order valence-corrected chi connectivity index (χ2v) is 9.02. The van der Waals surface area contributed by atoms with E-state index in [9.17, 15) is 13.6 Å². The summed E-state index contributed by atoms with van der Waals surface area (Å²) >= 11 is 1.50. The Kier molecular flexibility index (Phi) is 6.50. The van der Waals surface area contributed by atoms with Gasteiger partial charge in [-0.1, -0.05) is 12.1 Å². The lowest BCUT2D eigenvalue weighted by Crippen LogP contribution is -2.26. The van der Waals surface area contributed by atoms with E-state index >= 15 is 0 Å². The van der Waals surface area contributed by atoms with Crippen LogP contribution in [0.5, 0.6) is 0 Å². The summed E-state index contributed by atoms with van der Waals surface area (Å²) in [6.45, 7) is 0.260. The molecule has 0 atom stereocenters. The number of aromatic nitrogens is 3. The third-order valence-corrected chi connectivity index (χ3v) is 6.58. The number of carbonyl (C=O) groups excluding carboxylic acids is 1. The van der Waals surface area contributed by atoms with Crippen LogP contribution in [0.3, 0.4) is 0 Å². The van der Waals surface area contributed by atoms with Gasteiger partial charge in [0.1, 0.15) is 18.0 Å². The van der Waals surface area contributed by atoms with Gasteiger partial charge in [-0.3, -0.25) is 4.79 Å². The number of thiophene rings is 1. The van der Waals surface area contributed by atoms with Gasteiger partial charge in [-0.2, -0.15) is 0 Å². The molecule has 2 aromatic carbocycles. The number of nitrogens with two attached hydrogens (primary N) is 1. The summed E-state index contributed by atoms with van der Waals surface area (Å²) in [7, 11) is 0. The predicted molar refractivity (Wildman–Crippen MR) is 137 cm³/mol. The van der Waals surface area contributed by atoms with Crippen molar-refractivity contribution in [2.75, 3.05) is 17.6 Å². The molecule has 3 aromatic heterocycles. The molecule has 0 aliphatic carbocycles. The van der Waals surface area contributed by atoms with Crippen molar-refractivity contribution >= 4 is 44.8 Å². The first-order valence-electron chi connectivity index (χ1n) is 11.0. The summed E-state index contributed by atoms with van der Waals surface area (Å²) in [5, 5.41) is 7.61. The first-order valence-corrected chi connectivity index (χ1v) is 11.8. The van der Waals surface area contributed by atoms with Crippen LogP contribution >= 0.6 is 11.3 Å². The fourth-order valence-corrected chi connectivity index (χ4v) is 4.61. The number of hydrogen-bond donors (Lipinski definition) is 3. The minimum Gasteiger partial charge on any atom is -0.383 e. The highest BCUT2D eigenvalue weighted by Crippen LogP contribution is 2.35. The molecule has 7 nitrogen and oxygen atoms in total. The summed E-state index contributed by atoms with van der Waals surface area (Å²) in [4.78, 5) is 26.4. The Morgan fingerprint density at radius 2 is 1.86 bits per heavy atom. The third kappa shape index (κ3) is 4.98. The Morgan fingerprint density at radius 3 is 2.72 bits per heavy atom. The van der Waals surface area contributed by atoms with Crippen molar-refractivity contribution in [2.24, 2.45) is 0 Å². The monoisotopic (exact) mass is 502 g/mol. The van der Waals surface area contributed by atoms with Crippen LogP contribution in [0.25, 0.3) is 21.3 Å². The van der Waals surface area contributed by atoms with Crippen molar-refractivity contribution in [1.29, 1.82) is 0 Å². The summed E-state index contributed by atoms with van der Waals surface area (Å²) < 4.78 is 26.5. The molecule has 5 rings (SSSR count). The molecule has 4 N–H and O–H groups in total. The van der Waals surface area contributed by atoms with Crippen LogP contribution in [-0.2, 0) is 6.42 Å². The molecule has 0 bridgehead atoms. The first-order chi connectivity index (χ1) is 17.5. The second kappa shape index (κ2) is 10.0. The molecule has 1 amide bonds. The van der Waals surface area contributed by atoms with Crippen molar-refractivity contribution in [1.82, 2.24) is 20.3 Å². The lowest BCUT2D eigenvalue weighted by molar-refractivity contribution is 0.0954. The van der Waals surface area contributed by atoms with Crippen LogP contribution in [0, 0.1) is 11.6 Å². The molecule has 0 saturated heterocycles. The van der Waals surface area contributed by atoms with Crippen LogP contribution < -0.4 is 16.4 Å². The molecule has 0 aliphatic rings. The maximum absolute atomic E-state index is 13.4. The zero-order valence-corrected chi connectivity index (χ0v) is 19.7. The Labute approximate surface area is 209 Å². The van der Waals surface area contributed by atoms with E-state index in [1.807, 2.05) is 30.3 Å². The Balaban J connectivity index is 1.28. The van der Waals surface area contributed by atoms with Gasteiger partial charge >= 0.3 is 0 Å². The maximum Gasteiger partial charge on any atom is 0.255 e. The number of halogens is 2. The number of carbonyl (C=O) groups is 1. The largest absolute Gasteiger partial charge is 0.383 e. The molecule has 36 heavy (non-hydrogen) atoms. The van der Waals surface area contributed by atoms with Gasteiger partial charge < -0.3 is 16.4 Å². The molecule has 0 aliphatic heterocycles. The fraction of sp³-hybridized carbons (Fsp3) is 0.0769. The molecule has 0 unspecified atom stereocenters. The van der Waals surface area contributed by atoms with E-state index in [1.165, 1.54) is 23.7 Å². The Hall–Kier alpha value is -4.44. The molecular weight excluding hydrogens is 482 g/mol. The molecule has 0 radical (unpaired) electrons. The third-order valence-electron chi connectivity index (χ3n) is 5.53. The molecule has 10 heteroatoms. The average molecular weight is 503 g/mol.